The van der Waals surface area contributed by atoms with Crippen LogP contribution in [0.2, 0.25) is 0 Å². The number of aryl methyl sites for hydroxylation is 1. The zero-order valence-electron chi connectivity index (χ0n) is 20.4. The van der Waals surface area contributed by atoms with Gasteiger partial charge in [0.25, 0.3) is 0 Å². The molecule has 0 aliphatic rings. The Morgan fingerprint density at radius 3 is 2.62 bits per heavy atom. The predicted octanol–water partition coefficient (Wildman–Crippen LogP) is 9.28. The third-order valence-corrected chi connectivity index (χ3v) is 8.90. The number of thiophene rings is 2. The zero-order valence-corrected chi connectivity index (χ0v) is 22.1. The lowest BCUT2D eigenvalue weighted by atomic mass is 9.85. The molecular formula is C29H28N2OS2. The molecule has 172 valence electrons. The number of hydrogen-bond acceptors (Lipinski definition) is 5. The van der Waals surface area contributed by atoms with Gasteiger partial charge >= 0.3 is 0 Å². The summed E-state index contributed by atoms with van der Waals surface area (Å²) in [6, 6.07) is 11.2. The summed E-state index contributed by atoms with van der Waals surface area (Å²) in [5.41, 5.74) is 6.38. The molecule has 2 aromatic carbocycles. The van der Waals surface area contributed by atoms with Crippen molar-refractivity contribution in [2.45, 2.75) is 53.4 Å². The third-order valence-electron chi connectivity index (χ3n) is 6.65. The van der Waals surface area contributed by atoms with Crippen LogP contribution in [0.3, 0.4) is 0 Å². The van der Waals surface area contributed by atoms with Gasteiger partial charge < -0.3 is 4.42 Å². The smallest absolute Gasteiger partial charge is 0.231 e. The molecule has 34 heavy (non-hydrogen) atoms. The van der Waals surface area contributed by atoms with Crippen molar-refractivity contribution in [3.8, 4) is 11.3 Å². The maximum Gasteiger partial charge on any atom is 0.231 e. The number of aromatic nitrogens is 2. The number of benzene rings is 2. The van der Waals surface area contributed by atoms with E-state index in [1.54, 1.807) is 6.33 Å². The number of nitrogens with zero attached hydrogens (tertiary/aromatic N) is 2. The van der Waals surface area contributed by atoms with Gasteiger partial charge in [-0.15, -0.1) is 22.7 Å². The maximum atomic E-state index is 6.45. The fourth-order valence-corrected chi connectivity index (χ4v) is 7.53. The minimum absolute atomic E-state index is 0.0382. The lowest BCUT2D eigenvalue weighted by Gasteiger charge is -2.21. The third kappa shape index (κ3) is 3.29. The molecule has 4 aromatic heterocycles. The van der Waals surface area contributed by atoms with Gasteiger partial charge in [0.15, 0.2) is 0 Å². The van der Waals surface area contributed by atoms with E-state index in [0.717, 1.165) is 34.0 Å². The van der Waals surface area contributed by atoms with Crippen LogP contribution in [0.4, 0.5) is 0 Å². The SMILES string of the molecule is Cc1c(CC(C)C)sc2ccc3c(oc4ncnc(-c5cc(C(C)(C)C)c6sccc6c5)c43)c12. The summed E-state index contributed by atoms with van der Waals surface area (Å²) < 4.78 is 9.09. The minimum Gasteiger partial charge on any atom is -0.437 e. The molecule has 0 aliphatic heterocycles. The first-order valence-electron chi connectivity index (χ1n) is 11.8. The summed E-state index contributed by atoms with van der Waals surface area (Å²) in [5, 5.41) is 6.77. The van der Waals surface area contributed by atoms with E-state index < -0.39 is 0 Å². The topological polar surface area (TPSA) is 38.9 Å². The predicted molar refractivity (Wildman–Crippen MR) is 147 cm³/mol. The molecule has 0 bridgehead atoms. The van der Waals surface area contributed by atoms with Crippen LogP contribution in [-0.2, 0) is 11.8 Å². The summed E-state index contributed by atoms with van der Waals surface area (Å²) in [6.45, 7) is 13.6. The second kappa shape index (κ2) is 7.62. The summed E-state index contributed by atoms with van der Waals surface area (Å²) in [6.07, 6.45) is 2.73. The Balaban J connectivity index is 1.66. The van der Waals surface area contributed by atoms with Crippen molar-refractivity contribution in [3.05, 3.63) is 58.0 Å². The van der Waals surface area contributed by atoms with Gasteiger partial charge in [0.05, 0.1) is 11.1 Å². The average molecular weight is 485 g/mol. The molecule has 6 aromatic rings. The minimum atomic E-state index is 0.0382. The van der Waals surface area contributed by atoms with Gasteiger partial charge in [-0.1, -0.05) is 34.6 Å². The first-order chi connectivity index (χ1) is 16.2. The molecule has 0 saturated heterocycles. The number of fused-ring (bicyclic) bond motifs is 6. The van der Waals surface area contributed by atoms with Crippen LogP contribution < -0.4 is 0 Å². The van der Waals surface area contributed by atoms with E-state index in [4.69, 9.17) is 9.40 Å². The highest BCUT2D eigenvalue weighted by molar-refractivity contribution is 7.19. The van der Waals surface area contributed by atoms with Gasteiger partial charge in [0.2, 0.25) is 5.71 Å². The number of hydrogen-bond donors (Lipinski definition) is 0. The van der Waals surface area contributed by atoms with Crippen molar-refractivity contribution in [2.24, 2.45) is 5.92 Å². The summed E-state index contributed by atoms with van der Waals surface area (Å²) in [4.78, 5) is 10.8. The highest BCUT2D eigenvalue weighted by Gasteiger charge is 2.23. The van der Waals surface area contributed by atoms with E-state index in [2.05, 4.69) is 82.2 Å². The summed E-state index contributed by atoms with van der Waals surface area (Å²) >= 11 is 3.70. The van der Waals surface area contributed by atoms with Gasteiger partial charge in [0, 0.05) is 30.6 Å². The Hall–Kier alpha value is -2.76. The summed E-state index contributed by atoms with van der Waals surface area (Å²) in [7, 11) is 0. The average Bonchev–Trinajstić information content (AvgIpc) is 3.47. The van der Waals surface area contributed by atoms with Gasteiger partial charge in [-0.2, -0.15) is 0 Å². The molecule has 4 heterocycles. The fourth-order valence-electron chi connectivity index (χ4n) is 5.00. The van der Waals surface area contributed by atoms with Crippen LogP contribution in [0.5, 0.6) is 0 Å². The molecule has 0 N–H and O–H groups in total. The molecule has 0 radical (unpaired) electrons. The first kappa shape index (κ1) is 21.8. The lowest BCUT2D eigenvalue weighted by Crippen LogP contribution is -2.11. The Kier molecular flexibility index (Phi) is 4.88. The van der Waals surface area contributed by atoms with Crippen molar-refractivity contribution in [1.82, 2.24) is 9.97 Å². The van der Waals surface area contributed by atoms with Crippen molar-refractivity contribution < 1.29 is 4.42 Å². The molecule has 0 saturated carbocycles. The first-order valence-corrected chi connectivity index (χ1v) is 13.5. The second-order valence-electron chi connectivity index (χ2n) is 10.7. The van der Waals surface area contributed by atoms with E-state index in [1.165, 1.54) is 36.2 Å². The molecule has 0 aliphatic carbocycles. The van der Waals surface area contributed by atoms with Crippen LogP contribution in [0.25, 0.3) is 53.5 Å². The van der Waals surface area contributed by atoms with Crippen LogP contribution in [0.1, 0.15) is 50.6 Å². The standard InChI is InChI=1S/C29H28N2OS2/c1-15(2)11-22-16(3)23-21(34-22)8-7-19-24-25(30-14-31-28(24)32-26(19)23)18-12-17-9-10-33-27(17)20(13-18)29(4,5)6/h7-10,12-15H,11H2,1-6H3. The van der Waals surface area contributed by atoms with E-state index in [-0.39, 0.29) is 5.41 Å². The molecule has 6 rings (SSSR count). The van der Waals surface area contributed by atoms with Gasteiger partial charge in [0.1, 0.15) is 11.9 Å². The maximum absolute atomic E-state index is 6.45. The van der Waals surface area contributed by atoms with Crippen molar-refractivity contribution in [3.63, 3.8) is 0 Å². The normalized spacial score (nSPS) is 12.8. The van der Waals surface area contributed by atoms with Crippen molar-refractivity contribution in [2.75, 3.05) is 0 Å². The quantitative estimate of drug-likeness (QED) is 0.251. The number of rotatable bonds is 3. The molecule has 0 amide bonds. The largest absolute Gasteiger partial charge is 0.437 e. The van der Waals surface area contributed by atoms with Crippen molar-refractivity contribution in [1.29, 1.82) is 0 Å². The molecule has 0 atom stereocenters. The van der Waals surface area contributed by atoms with Gasteiger partial charge in [-0.25, -0.2) is 9.97 Å². The molecule has 3 nitrogen and oxygen atoms in total. The monoisotopic (exact) mass is 484 g/mol. The Labute approximate surface area is 207 Å². The highest BCUT2D eigenvalue weighted by atomic mass is 32.1. The van der Waals surface area contributed by atoms with Crippen molar-refractivity contribution >= 4 is 64.9 Å². The van der Waals surface area contributed by atoms with Gasteiger partial charge in [-0.3, -0.25) is 0 Å². The Morgan fingerprint density at radius 1 is 1.03 bits per heavy atom. The highest BCUT2D eigenvalue weighted by Crippen LogP contribution is 2.44. The lowest BCUT2D eigenvalue weighted by molar-refractivity contribution is 0.597. The molecular weight excluding hydrogens is 456 g/mol. The van der Waals surface area contributed by atoms with Gasteiger partial charge in [-0.05, 0) is 76.9 Å². The molecule has 5 heteroatoms. The van der Waals surface area contributed by atoms with Crippen LogP contribution in [0, 0.1) is 12.8 Å². The molecule has 0 fully saturated rings. The van der Waals surface area contributed by atoms with Crippen LogP contribution >= 0.6 is 22.7 Å². The van der Waals surface area contributed by atoms with Crippen LogP contribution in [0.15, 0.2) is 46.5 Å². The summed E-state index contributed by atoms with van der Waals surface area (Å²) in [5.74, 6) is 0.624. The molecule has 0 spiro atoms. The zero-order chi connectivity index (χ0) is 23.8. The van der Waals surface area contributed by atoms with Crippen LogP contribution in [-0.4, -0.2) is 9.97 Å². The van der Waals surface area contributed by atoms with E-state index in [0.29, 0.717) is 11.6 Å². The fraction of sp³-hybridized carbons (Fsp3) is 0.310. The Bertz CT molecular complexity index is 1710. The number of furan rings is 1. The second-order valence-corrected chi connectivity index (χ2v) is 12.7. The van der Waals surface area contributed by atoms with E-state index >= 15 is 0 Å². The Morgan fingerprint density at radius 2 is 1.85 bits per heavy atom. The van der Waals surface area contributed by atoms with E-state index in [1.807, 2.05) is 22.7 Å². The molecule has 0 unspecified atom stereocenters. The van der Waals surface area contributed by atoms with E-state index in [9.17, 15) is 0 Å².